The molecule has 0 fully saturated rings. The fourth-order valence-corrected chi connectivity index (χ4v) is 2.15. The van der Waals surface area contributed by atoms with E-state index in [4.69, 9.17) is 27.9 Å². The number of carbonyl (C=O) groups excluding carboxylic acids is 1. The third-order valence-corrected chi connectivity index (χ3v) is 3.21. The summed E-state index contributed by atoms with van der Waals surface area (Å²) >= 11 is 11.9. The predicted octanol–water partition coefficient (Wildman–Crippen LogP) is 4.74. The number of carbonyl (C=O) groups is 1. The second-order valence-electron chi connectivity index (χ2n) is 4.17. The van der Waals surface area contributed by atoms with Crippen molar-refractivity contribution < 1.29 is 9.53 Å². The van der Waals surface area contributed by atoms with Crippen molar-refractivity contribution in [2.45, 2.75) is 6.92 Å². The maximum absolute atomic E-state index is 11.6. The van der Waals surface area contributed by atoms with Crippen LogP contribution < -0.4 is 0 Å². The van der Waals surface area contributed by atoms with Crippen LogP contribution in [0.15, 0.2) is 36.4 Å². The largest absolute Gasteiger partial charge is 0.461 e. The van der Waals surface area contributed by atoms with Crippen molar-refractivity contribution in [1.82, 2.24) is 4.98 Å². The molecule has 1 aromatic carbocycles. The third kappa shape index (κ3) is 4.31. The maximum atomic E-state index is 11.6. The monoisotopic (exact) mass is 321 g/mol. The molecule has 21 heavy (non-hydrogen) atoms. The van der Waals surface area contributed by atoms with Crippen LogP contribution in [0.5, 0.6) is 0 Å². The van der Waals surface area contributed by atoms with Gasteiger partial charge in [-0.25, -0.2) is 9.78 Å². The summed E-state index contributed by atoms with van der Waals surface area (Å²) in [5, 5.41) is 1.14. The molecule has 1 aromatic heterocycles. The lowest BCUT2D eigenvalue weighted by atomic mass is 10.2. The molecule has 2 aromatic rings. The molecule has 3 nitrogen and oxygen atoms in total. The first-order chi connectivity index (χ1) is 10.1. The average Bonchev–Trinajstić information content (AvgIpc) is 2.47. The fourth-order valence-electron chi connectivity index (χ4n) is 1.67. The van der Waals surface area contributed by atoms with Crippen LogP contribution >= 0.6 is 23.2 Å². The molecule has 0 atom stereocenters. The highest BCUT2D eigenvalue weighted by Gasteiger charge is 2.07. The molecule has 0 bridgehead atoms. The number of esters is 1. The van der Waals surface area contributed by atoms with Gasteiger partial charge in [-0.15, -0.1) is 0 Å². The molecule has 108 valence electrons. The van der Waals surface area contributed by atoms with Crippen molar-refractivity contribution in [3.05, 3.63) is 63.4 Å². The number of halogens is 2. The van der Waals surface area contributed by atoms with Crippen molar-refractivity contribution >= 4 is 41.3 Å². The summed E-state index contributed by atoms with van der Waals surface area (Å²) in [4.78, 5) is 15.8. The predicted molar refractivity (Wildman–Crippen MR) is 85.6 cm³/mol. The normalized spacial score (nSPS) is 10.8. The van der Waals surface area contributed by atoms with Crippen molar-refractivity contribution in [2.75, 3.05) is 6.61 Å². The summed E-state index contributed by atoms with van der Waals surface area (Å²) in [5.74, 6) is -0.433. The molecule has 1 heterocycles. The van der Waals surface area contributed by atoms with E-state index >= 15 is 0 Å². The highest BCUT2D eigenvalue weighted by molar-refractivity contribution is 6.35. The molecule has 0 amide bonds. The number of benzene rings is 1. The zero-order valence-electron chi connectivity index (χ0n) is 11.3. The number of rotatable bonds is 4. The summed E-state index contributed by atoms with van der Waals surface area (Å²) < 4.78 is 4.92. The Morgan fingerprint density at radius 2 is 2.05 bits per heavy atom. The molecule has 0 spiro atoms. The Balaban J connectivity index is 2.21. The van der Waals surface area contributed by atoms with E-state index in [-0.39, 0.29) is 5.69 Å². The molecular formula is C16H13Cl2NO2. The van der Waals surface area contributed by atoms with Gasteiger partial charge in [-0.3, -0.25) is 0 Å². The number of pyridine rings is 1. The summed E-state index contributed by atoms with van der Waals surface area (Å²) in [5.41, 5.74) is 1.75. The van der Waals surface area contributed by atoms with E-state index in [1.807, 2.05) is 12.1 Å². The van der Waals surface area contributed by atoms with E-state index in [1.54, 1.807) is 43.3 Å². The van der Waals surface area contributed by atoms with Gasteiger partial charge in [-0.05, 0) is 42.8 Å². The van der Waals surface area contributed by atoms with Crippen LogP contribution in [-0.4, -0.2) is 17.6 Å². The highest BCUT2D eigenvalue weighted by atomic mass is 35.5. The Morgan fingerprint density at radius 1 is 1.24 bits per heavy atom. The van der Waals surface area contributed by atoms with Gasteiger partial charge in [0.05, 0.1) is 12.3 Å². The van der Waals surface area contributed by atoms with Gasteiger partial charge in [-0.2, -0.15) is 0 Å². The zero-order valence-corrected chi connectivity index (χ0v) is 12.9. The molecule has 2 rings (SSSR count). The number of hydrogen-bond acceptors (Lipinski definition) is 3. The van der Waals surface area contributed by atoms with Gasteiger partial charge in [0.15, 0.2) is 0 Å². The maximum Gasteiger partial charge on any atom is 0.356 e. The second kappa shape index (κ2) is 7.25. The fraction of sp³-hybridized carbons (Fsp3) is 0.125. The molecule has 0 radical (unpaired) electrons. The van der Waals surface area contributed by atoms with Gasteiger partial charge < -0.3 is 4.74 Å². The minimum atomic E-state index is -0.433. The smallest absolute Gasteiger partial charge is 0.356 e. The quantitative estimate of drug-likeness (QED) is 0.764. The summed E-state index contributed by atoms with van der Waals surface area (Å²) in [7, 11) is 0. The standard InChI is InChI=1S/C16H13Cl2NO2/c1-2-21-16(20)15-5-3-4-13(19-15)9-7-11-6-8-12(17)10-14(11)18/h3-10H,2H2,1H3. The Kier molecular flexibility index (Phi) is 5.37. The number of aromatic nitrogens is 1. The van der Waals surface area contributed by atoms with Crippen LogP contribution in [0.4, 0.5) is 0 Å². The van der Waals surface area contributed by atoms with Gasteiger partial charge >= 0.3 is 5.97 Å². The van der Waals surface area contributed by atoms with Gasteiger partial charge in [0, 0.05) is 10.0 Å². The van der Waals surface area contributed by atoms with Gasteiger partial charge in [0.25, 0.3) is 0 Å². The lowest BCUT2D eigenvalue weighted by Gasteiger charge is -2.02. The van der Waals surface area contributed by atoms with Crippen molar-refractivity contribution in [3.8, 4) is 0 Å². The van der Waals surface area contributed by atoms with Crippen molar-refractivity contribution in [3.63, 3.8) is 0 Å². The van der Waals surface area contributed by atoms with E-state index in [1.165, 1.54) is 0 Å². The number of nitrogens with zero attached hydrogens (tertiary/aromatic N) is 1. The molecule has 0 aliphatic carbocycles. The second-order valence-corrected chi connectivity index (χ2v) is 5.01. The summed E-state index contributed by atoms with van der Waals surface area (Å²) in [6.45, 7) is 2.07. The average molecular weight is 322 g/mol. The van der Waals surface area contributed by atoms with E-state index in [9.17, 15) is 4.79 Å². The lowest BCUT2D eigenvalue weighted by molar-refractivity contribution is 0.0519. The minimum Gasteiger partial charge on any atom is -0.461 e. The molecule has 0 saturated heterocycles. The van der Waals surface area contributed by atoms with Crippen molar-refractivity contribution in [1.29, 1.82) is 0 Å². The SMILES string of the molecule is CCOC(=O)c1cccc(C=Cc2ccc(Cl)cc2Cl)n1. The number of ether oxygens (including phenoxy) is 1. The Hall–Kier alpha value is -1.84. The van der Waals surface area contributed by atoms with Crippen LogP contribution in [-0.2, 0) is 4.74 Å². The molecule has 0 aliphatic heterocycles. The molecular weight excluding hydrogens is 309 g/mol. The Bertz CT molecular complexity index is 684. The summed E-state index contributed by atoms with van der Waals surface area (Å²) in [6.07, 6.45) is 3.59. The van der Waals surface area contributed by atoms with E-state index in [0.29, 0.717) is 22.3 Å². The van der Waals surface area contributed by atoms with Crippen LogP contribution in [0.3, 0.4) is 0 Å². The first kappa shape index (κ1) is 15.5. The highest BCUT2D eigenvalue weighted by Crippen LogP contribution is 2.22. The third-order valence-electron chi connectivity index (χ3n) is 2.65. The first-order valence-corrected chi connectivity index (χ1v) is 7.13. The van der Waals surface area contributed by atoms with Crippen LogP contribution in [0, 0.1) is 0 Å². The van der Waals surface area contributed by atoms with Gasteiger partial charge in [-0.1, -0.05) is 41.4 Å². The molecule has 0 saturated carbocycles. The van der Waals surface area contributed by atoms with E-state index in [0.717, 1.165) is 5.56 Å². The minimum absolute atomic E-state index is 0.279. The summed E-state index contributed by atoms with van der Waals surface area (Å²) in [6, 6.07) is 10.4. The van der Waals surface area contributed by atoms with E-state index in [2.05, 4.69) is 4.98 Å². The van der Waals surface area contributed by atoms with Gasteiger partial charge in [0.2, 0.25) is 0 Å². The Labute approximate surface area is 133 Å². The van der Waals surface area contributed by atoms with Crippen LogP contribution in [0.2, 0.25) is 10.0 Å². The lowest BCUT2D eigenvalue weighted by Crippen LogP contribution is -2.07. The molecule has 0 unspecified atom stereocenters. The van der Waals surface area contributed by atoms with Crippen LogP contribution in [0.1, 0.15) is 28.7 Å². The molecule has 5 heteroatoms. The Morgan fingerprint density at radius 3 is 2.76 bits per heavy atom. The molecule has 0 aliphatic rings. The number of hydrogen-bond donors (Lipinski definition) is 0. The van der Waals surface area contributed by atoms with Crippen LogP contribution in [0.25, 0.3) is 12.2 Å². The van der Waals surface area contributed by atoms with E-state index < -0.39 is 5.97 Å². The van der Waals surface area contributed by atoms with Gasteiger partial charge in [0.1, 0.15) is 5.69 Å². The van der Waals surface area contributed by atoms with Crippen molar-refractivity contribution in [2.24, 2.45) is 0 Å². The zero-order chi connectivity index (χ0) is 15.2. The first-order valence-electron chi connectivity index (χ1n) is 6.37. The topological polar surface area (TPSA) is 39.2 Å². The molecule has 0 N–H and O–H groups in total.